The number of carbonyl (C=O) groups is 2. The van der Waals surface area contributed by atoms with Crippen molar-refractivity contribution in [1.29, 1.82) is 0 Å². The molecule has 1 N–H and O–H groups in total. The fourth-order valence-corrected chi connectivity index (χ4v) is 1.57. The lowest BCUT2D eigenvalue weighted by molar-refractivity contribution is -0.125. The third kappa shape index (κ3) is 5.45. The van der Waals surface area contributed by atoms with Gasteiger partial charge in [-0.15, -0.1) is 0 Å². The molecule has 0 aliphatic carbocycles. The van der Waals surface area contributed by atoms with Gasteiger partial charge in [-0.2, -0.15) is 0 Å². The van der Waals surface area contributed by atoms with Crippen LogP contribution >= 0.6 is 0 Å². The van der Waals surface area contributed by atoms with Crippen molar-refractivity contribution < 1.29 is 14.3 Å². The molecule has 5 heteroatoms. The lowest BCUT2D eigenvalue weighted by Crippen LogP contribution is -2.38. The average molecular weight is 292 g/mol. The summed E-state index contributed by atoms with van der Waals surface area (Å²) in [6, 6.07) is 7.09. The van der Waals surface area contributed by atoms with Crippen LogP contribution in [-0.2, 0) is 9.53 Å². The van der Waals surface area contributed by atoms with Crippen molar-refractivity contribution in [3.8, 4) is 0 Å². The first-order valence-electron chi connectivity index (χ1n) is 7.05. The maximum atomic E-state index is 11.8. The van der Waals surface area contributed by atoms with Crippen LogP contribution in [0.1, 0.15) is 31.1 Å². The molecular weight excluding hydrogens is 268 g/mol. The third-order valence-electron chi connectivity index (χ3n) is 3.34. The molecule has 0 unspecified atom stereocenters. The van der Waals surface area contributed by atoms with Crippen molar-refractivity contribution in [3.05, 3.63) is 29.8 Å². The van der Waals surface area contributed by atoms with Crippen LogP contribution in [0.25, 0.3) is 0 Å². The molecule has 1 rings (SSSR count). The fourth-order valence-electron chi connectivity index (χ4n) is 1.57. The molecule has 21 heavy (non-hydrogen) atoms. The Bertz CT molecular complexity index is 481. The largest absolute Gasteiger partial charge is 0.452 e. The SMILES string of the molecule is CC(C)[C@@H](C)NC(=O)COC(=O)c1ccc(N(C)C)cc1. The van der Waals surface area contributed by atoms with Gasteiger partial charge in [-0.3, -0.25) is 4.79 Å². The summed E-state index contributed by atoms with van der Waals surface area (Å²) in [7, 11) is 3.85. The molecule has 0 saturated heterocycles. The number of amides is 1. The van der Waals surface area contributed by atoms with Gasteiger partial charge in [0.15, 0.2) is 6.61 Å². The number of hydrogen-bond acceptors (Lipinski definition) is 4. The van der Waals surface area contributed by atoms with Crippen LogP contribution in [-0.4, -0.2) is 38.6 Å². The quantitative estimate of drug-likeness (QED) is 0.816. The van der Waals surface area contributed by atoms with Crippen LogP contribution in [0.15, 0.2) is 24.3 Å². The van der Waals surface area contributed by atoms with Crippen molar-refractivity contribution in [2.75, 3.05) is 25.6 Å². The molecule has 0 radical (unpaired) electrons. The molecule has 116 valence electrons. The minimum absolute atomic E-state index is 0.0515. The van der Waals surface area contributed by atoms with Gasteiger partial charge in [0.25, 0.3) is 5.91 Å². The van der Waals surface area contributed by atoms with Gasteiger partial charge < -0.3 is 15.0 Å². The predicted molar refractivity (Wildman–Crippen MR) is 83.5 cm³/mol. The van der Waals surface area contributed by atoms with Crippen molar-refractivity contribution in [2.45, 2.75) is 26.8 Å². The number of hydrogen-bond donors (Lipinski definition) is 1. The van der Waals surface area contributed by atoms with E-state index in [0.29, 0.717) is 11.5 Å². The second kappa shape index (κ2) is 7.67. The minimum atomic E-state index is -0.493. The summed E-state index contributed by atoms with van der Waals surface area (Å²) < 4.78 is 5.01. The van der Waals surface area contributed by atoms with Gasteiger partial charge in [0.05, 0.1) is 5.56 Å². The number of nitrogens with one attached hydrogen (secondary N) is 1. The van der Waals surface area contributed by atoms with Crippen molar-refractivity contribution >= 4 is 17.6 Å². The van der Waals surface area contributed by atoms with E-state index in [0.717, 1.165) is 5.69 Å². The molecule has 0 spiro atoms. The summed E-state index contributed by atoms with van der Waals surface area (Å²) in [6.45, 7) is 5.70. The molecule has 0 saturated carbocycles. The van der Waals surface area contributed by atoms with Gasteiger partial charge in [-0.05, 0) is 37.1 Å². The lowest BCUT2D eigenvalue weighted by Gasteiger charge is -2.17. The van der Waals surface area contributed by atoms with E-state index in [9.17, 15) is 9.59 Å². The normalized spacial score (nSPS) is 11.9. The van der Waals surface area contributed by atoms with E-state index in [1.54, 1.807) is 12.1 Å². The van der Waals surface area contributed by atoms with Crippen LogP contribution in [0.5, 0.6) is 0 Å². The Kier molecular flexibility index (Phi) is 6.21. The molecular formula is C16H24N2O3. The molecule has 0 heterocycles. The summed E-state index contributed by atoms with van der Waals surface area (Å²) in [5, 5.41) is 2.79. The highest BCUT2D eigenvalue weighted by molar-refractivity contribution is 5.91. The van der Waals surface area contributed by atoms with E-state index in [1.807, 2.05) is 51.9 Å². The molecule has 0 aromatic heterocycles. The van der Waals surface area contributed by atoms with E-state index < -0.39 is 5.97 Å². The lowest BCUT2D eigenvalue weighted by atomic mass is 10.1. The van der Waals surface area contributed by atoms with Crippen LogP contribution in [0.4, 0.5) is 5.69 Å². The highest BCUT2D eigenvalue weighted by atomic mass is 16.5. The van der Waals surface area contributed by atoms with Gasteiger partial charge in [0.2, 0.25) is 0 Å². The number of benzene rings is 1. The van der Waals surface area contributed by atoms with E-state index in [1.165, 1.54) is 0 Å². The van der Waals surface area contributed by atoms with Crippen LogP contribution in [0.2, 0.25) is 0 Å². The second-order valence-corrected chi connectivity index (χ2v) is 5.62. The number of nitrogens with zero attached hydrogens (tertiary/aromatic N) is 1. The van der Waals surface area contributed by atoms with E-state index in [-0.39, 0.29) is 18.6 Å². The monoisotopic (exact) mass is 292 g/mol. The first-order chi connectivity index (χ1) is 9.81. The Morgan fingerprint density at radius 1 is 1.14 bits per heavy atom. The van der Waals surface area contributed by atoms with Crippen molar-refractivity contribution in [3.63, 3.8) is 0 Å². The summed E-state index contributed by atoms with van der Waals surface area (Å²) in [5.41, 5.74) is 1.43. The molecule has 1 atom stereocenters. The Labute approximate surface area is 126 Å². The topological polar surface area (TPSA) is 58.6 Å². The van der Waals surface area contributed by atoms with Gasteiger partial charge in [-0.25, -0.2) is 4.79 Å². The van der Waals surface area contributed by atoms with Crippen LogP contribution in [0, 0.1) is 5.92 Å². The Balaban J connectivity index is 2.48. The van der Waals surface area contributed by atoms with Gasteiger partial charge in [-0.1, -0.05) is 13.8 Å². The maximum Gasteiger partial charge on any atom is 0.338 e. The molecule has 0 aliphatic heterocycles. The summed E-state index contributed by atoms with van der Waals surface area (Å²) >= 11 is 0. The number of ether oxygens (including phenoxy) is 1. The van der Waals surface area contributed by atoms with Crippen molar-refractivity contribution in [1.82, 2.24) is 5.32 Å². The average Bonchev–Trinajstić information content (AvgIpc) is 2.44. The summed E-state index contributed by atoms with van der Waals surface area (Å²) in [4.78, 5) is 25.4. The summed E-state index contributed by atoms with van der Waals surface area (Å²) in [6.07, 6.45) is 0. The second-order valence-electron chi connectivity index (χ2n) is 5.62. The Morgan fingerprint density at radius 3 is 2.19 bits per heavy atom. The number of anilines is 1. The first kappa shape index (κ1) is 17.0. The number of carbonyl (C=O) groups excluding carboxylic acids is 2. The first-order valence-corrected chi connectivity index (χ1v) is 7.05. The predicted octanol–water partition coefficient (Wildman–Crippen LogP) is 2.07. The van der Waals surface area contributed by atoms with E-state index >= 15 is 0 Å². The zero-order chi connectivity index (χ0) is 16.0. The zero-order valence-electron chi connectivity index (χ0n) is 13.3. The molecule has 5 nitrogen and oxygen atoms in total. The molecule has 1 aromatic carbocycles. The smallest absolute Gasteiger partial charge is 0.338 e. The highest BCUT2D eigenvalue weighted by Gasteiger charge is 2.13. The zero-order valence-corrected chi connectivity index (χ0v) is 13.3. The number of esters is 1. The van der Waals surface area contributed by atoms with E-state index in [4.69, 9.17) is 4.74 Å². The summed E-state index contributed by atoms with van der Waals surface area (Å²) in [5.74, 6) is -0.439. The van der Waals surface area contributed by atoms with Gasteiger partial charge in [0, 0.05) is 25.8 Å². The minimum Gasteiger partial charge on any atom is -0.452 e. The van der Waals surface area contributed by atoms with Gasteiger partial charge >= 0.3 is 5.97 Å². The standard InChI is InChI=1S/C16H24N2O3/c1-11(2)12(3)17-15(19)10-21-16(20)13-6-8-14(9-7-13)18(4)5/h6-9,11-12H,10H2,1-5H3,(H,17,19)/t12-/m1/s1. The maximum absolute atomic E-state index is 11.8. The Hall–Kier alpha value is -2.04. The van der Waals surface area contributed by atoms with Gasteiger partial charge in [0.1, 0.15) is 0 Å². The van der Waals surface area contributed by atoms with Crippen molar-refractivity contribution in [2.24, 2.45) is 5.92 Å². The van der Waals surface area contributed by atoms with Crippen LogP contribution < -0.4 is 10.2 Å². The number of rotatable bonds is 6. The fraction of sp³-hybridized carbons (Fsp3) is 0.500. The van der Waals surface area contributed by atoms with Crippen LogP contribution in [0.3, 0.4) is 0 Å². The Morgan fingerprint density at radius 2 is 1.71 bits per heavy atom. The molecule has 1 aromatic rings. The molecule has 1 amide bonds. The molecule has 0 aliphatic rings. The highest BCUT2D eigenvalue weighted by Crippen LogP contribution is 2.12. The molecule has 0 bridgehead atoms. The molecule has 0 fully saturated rings. The van der Waals surface area contributed by atoms with E-state index in [2.05, 4.69) is 5.32 Å². The third-order valence-corrected chi connectivity index (χ3v) is 3.34.